The van der Waals surface area contributed by atoms with Crippen LogP contribution in [-0.2, 0) is 0 Å². The van der Waals surface area contributed by atoms with E-state index in [0.29, 0.717) is 11.8 Å². The summed E-state index contributed by atoms with van der Waals surface area (Å²) < 4.78 is 0. The Morgan fingerprint density at radius 1 is 0.338 bits per heavy atom. The van der Waals surface area contributed by atoms with E-state index in [1.807, 2.05) is 0 Å². The molecule has 2 fully saturated rings. The molecule has 16 rings (SSSR count). The van der Waals surface area contributed by atoms with Crippen molar-refractivity contribution < 1.29 is 0 Å². The van der Waals surface area contributed by atoms with Gasteiger partial charge in [0.05, 0.1) is 0 Å². The highest BCUT2D eigenvalue weighted by Gasteiger charge is 2.52. The topological polar surface area (TPSA) is 6.48 Å². The summed E-state index contributed by atoms with van der Waals surface area (Å²) in [5, 5.41) is 13.0. The van der Waals surface area contributed by atoms with E-state index in [9.17, 15) is 0 Å². The molecule has 4 atom stereocenters. The highest BCUT2D eigenvalue weighted by molar-refractivity contribution is 6.33. The molecule has 0 N–H and O–H groups in total. The van der Waals surface area contributed by atoms with Crippen LogP contribution in [-0.4, -0.2) is 11.1 Å². The summed E-state index contributed by atoms with van der Waals surface area (Å²) in [6.07, 6.45) is 7.30. The van der Waals surface area contributed by atoms with Crippen LogP contribution in [0.15, 0.2) is 218 Å². The maximum Gasteiger partial charge on any atom is 0.0492 e. The molecule has 0 radical (unpaired) electrons. The van der Waals surface area contributed by atoms with E-state index in [-0.39, 0.29) is 11.1 Å². The van der Waals surface area contributed by atoms with Crippen molar-refractivity contribution in [2.24, 2.45) is 0 Å². The average Bonchev–Trinajstić information content (AvgIpc) is 4.20. The van der Waals surface area contributed by atoms with E-state index in [1.165, 1.54) is 171 Å². The number of nitrogens with zero attached hydrogens (tertiary/aromatic N) is 2. The Kier molecular flexibility index (Phi) is 8.95. The number of anilines is 4. The second-order valence-corrected chi connectivity index (χ2v) is 22.6. The lowest BCUT2D eigenvalue weighted by Crippen LogP contribution is -2.40. The van der Waals surface area contributed by atoms with Gasteiger partial charge in [0.15, 0.2) is 0 Å². The zero-order chi connectivity index (χ0) is 48.9. The fraction of sp³-hybridized carbons (Fsp3) is 0.167. The summed E-state index contributed by atoms with van der Waals surface area (Å²) >= 11 is 0. The smallest absolute Gasteiger partial charge is 0.0492 e. The van der Waals surface area contributed by atoms with Gasteiger partial charge in [-0.1, -0.05) is 171 Å². The van der Waals surface area contributed by atoms with Gasteiger partial charge in [0.2, 0.25) is 0 Å². The quantitative estimate of drug-likeness (QED) is 0.153. The molecule has 0 bridgehead atoms. The van der Waals surface area contributed by atoms with Gasteiger partial charge < -0.3 is 9.80 Å². The third-order valence-corrected chi connectivity index (χ3v) is 18.9. The molecule has 2 nitrogen and oxygen atoms in total. The minimum atomic E-state index is 0.0429. The SMILES string of the molecule is CC12CCCC1c1cc(-c3cc(-c4cccc5ccccc45)c4ccc5c(-c6ccc7c(c6)C6CCCC6(C)N7c6ccccc6)cc(-c6cccc7ccccc67)c6ccc3c4c56)ccc1N2c1ccccc1. The van der Waals surface area contributed by atoms with Crippen LogP contribution in [0, 0.1) is 0 Å². The van der Waals surface area contributed by atoms with Crippen LogP contribution in [0.5, 0.6) is 0 Å². The first-order valence-corrected chi connectivity index (χ1v) is 27.2. The highest BCUT2D eigenvalue weighted by atomic mass is 15.2. The van der Waals surface area contributed by atoms with Gasteiger partial charge >= 0.3 is 0 Å². The molecule has 0 aromatic heterocycles. The van der Waals surface area contributed by atoms with Crippen LogP contribution < -0.4 is 9.80 Å². The minimum Gasteiger partial charge on any atom is -0.335 e. The minimum absolute atomic E-state index is 0.0429. The maximum atomic E-state index is 2.68. The molecule has 12 aromatic carbocycles. The Morgan fingerprint density at radius 3 is 1.18 bits per heavy atom. The highest BCUT2D eigenvalue weighted by Crippen LogP contribution is 2.62. The fourth-order valence-electron chi connectivity index (χ4n) is 15.6. The summed E-state index contributed by atoms with van der Waals surface area (Å²) in [5.74, 6) is 0.935. The molecule has 4 aliphatic rings. The van der Waals surface area contributed by atoms with Crippen LogP contribution >= 0.6 is 0 Å². The van der Waals surface area contributed by atoms with Crippen molar-refractivity contribution in [1.29, 1.82) is 0 Å². The fourth-order valence-corrected chi connectivity index (χ4v) is 15.6. The van der Waals surface area contributed by atoms with Gasteiger partial charge in [-0.3, -0.25) is 0 Å². The average molecular weight is 949 g/mol. The number of para-hydroxylation sites is 2. The van der Waals surface area contributed by atoms with Gasteiger partial charge in [-0.05, 0) is 210 Å². The molecule has 12 aromatic rings. The Balaban J connectivity index is 0.997. The number of hydrogen-bond donors (Lipinski definition) is 0. The first kappa shape index (κ1) is 42.3. The van der Waals surface area contributed by atoms with Gasteiger partial charge in [-0.25, -0.2) is 0 Å². The van der Waals surface area contributed by atoms with E-state index in [4.69, 9.17) is 0 Å². The summed E-state index contributed by atoms with van der Waals surface area (Å²) in [6.45, 7) is 5.04. The van der Waals surface area contributed by atoms with Crippen LogP contribution in [0.3, 0.4) is 0 Å². The van der Waals surface area contributed by atoms with Gasteiger partial charge in [-0.15, -0.1) is 0 Å². The second-order valence-electron chi connectivity index (χ2n) is 22.6. The third-order valence-electron chi connectivity index (χ3n) is 18.9. The van der Waals surface area contributed by atoms with E-state index in [1.54, 1.807) is 0 Å². The molecule has 74 heavy (non-hydrogen) atoms. The van der Waals surface area contributed by atoms with Crippen molar-refractivity contribution in [3.8, 4) is 44.5 Å². The molecule has 4 unspecified atom stereocenters. The molecule has 2 aliphatic heterocycles. The molecule has 2 heterocycles. The van der Waals surface area contributed by atoms with Gasteiger partial charge in [-0.2, -0.15) is 0 Å². The van der Waals surface area contributed by atoms with Crippen molar-refractivity contribution in [2.75, 3.05) is 9.80 Å². The van der Waals surface area contributed by atoms with Gasteiger partial charge in [0.1, 0.15) is 0 Å². The third kappa shape index (κ3) is 5.83. The summed E-state index contributed by atoms with van der Waals surface area (Å²) in [7, 11) is 0. The standard InChI is InChI=1S/C72H56N2/c1-71-39-15-29-65(71)63-41-47(31-37-67(63)73(71)49-21-5-3-6-22-49)59-43-61(53-27-13-19-45-17-9-11-25-51(45)53)57-36-34-56-60(48-32-38-68-64(42-48)66-30-16-40-72(66,2)74(68)50-23-7-4-8-24-50)44-62(58-35-33-55(59)69(57)70(56)58)54-28-14-20-46-18-10-12-26-52(46)54/h3-14,17-28,31-38,41-44,65-66H,15-16,29-30,39-40H2,1-2H3. The molecular formula is C72H56N2. The molecule has 354 valence electrons. The van der Waals surface area contributed by atoms with Crippen molar-refractivity contribution in [3.05, 3.63) is 230 Å². The van der Waals surface area contributed by atoms with Crippen LogP contribution in [0.2, 0.25) is 0 Å². The van der Waals surface area contributed by atoms with Crippen LogP contribution in [0.1, 0.15) is 75.3 Å². The lowest BCUT2D eigenvalue weighted by Gasteiger charge is -2.37. The van der Waals surface area contributed by atoms with Crippen molar-refractivity contribution in [1.82, 2.24) is 0 Å². The molecule has 0 spiro atoms. The Bertz CT molecular complexity index is 3980. The normalized spacial score (nSPS) is 20.8. The zero-order valence-electron chi connectivity index (χ0n) is 42.1. The van der Waals surface area contributed by atoms with Gasteiger partial charge in [0, 0.05) is 45.7 Å². The largest absolute Gasteiger partial charge is 0.335 e. The monoisotopic (exact) mass is 948 g/mol. The van der Waals surface area contributed by atoms with Gasteiger partial charge in [0.25, 0.3) is 0 Å². The second kappa shape index (κ2) is 15.7. The Morgan fingerprint density at radius 2 is 0.730 bits per heavy atom. The molecule has 0 amide bonds. The van der Waals surface area contributed by atoms with Crippen molar-refractivity contribution >= 4 is 76.6 Å². The number of benzene rings is 12. The lowest BCUT2D eigenvalue weighted by atomic mass is 9.80. The molecular weight excluding hydrogens is 893 g/mol. The first-order chi connectivity index (χ1) is 36.4. The predicted molar refractivity (Wildman–Crippen MR) is 314 cm³/mol. The Hall–Kier alpha value is -8.20. The molecule has 2 heteroatoms. The van der Waals surface area contributed by atoms with Crippen LogP contribution in [0.25, 0.3) is 98.4 Å². The van der Waals surface area contributed by atoms with E-state index in [2.05, 4.69) is 242 Å². The maximum absolute atomic E-state index is 2.68. The van der Waals surface area contributed by atoms with Crippen molar-refractivity contribution in [2.45, 2.75) is 75.3 Å². The van der Waals surface area contributed by atoms with Crippen LogP contribution in [0.4, 0.5) is 22.7 Å². The summed E-state index contributed by atoms with van der Waals surface area (Å²) in [4.78, 5) is 5.36. The molecule has 2 saturated carbocycles. The number of rotatable bonds is 6. The zero-order valence-corrected chi connectivity index (χ0v) is 42.1. The number of hydrogen-bond acceptors (Lipinski definition) is 2. The molecule has 2 aliphatic carbocycles. The number of fused-ring (bicyclic) bond motifs is 8. The first-order valence-electron chi connectivity index (χ1n) is 27.2. The predicted octanol–water partition coefficient (Wildman–Crippen LogP) is 19.9. The summed E-state index contributed by atoms with van der Waals surface area (Å²) in [6, 6.07) is 83.9. The van der Waals surface area contributed by atoms with E-state index < -0.39 is 0 Å². The van der Waals surface area contributed by atoms with Crippen molar-refractivity contribution in [3.63, 3.8) is 0 Å². The summed E-state index contributed by atoms with van der Waals surface area (Å²) in [5.41, 5.74) is 18.7. The molecule has 0 saturated heterocycles. The Labute approximate surface area is 433 Å². The van der Waals surface area contributed by atoms with E-state index >= 15 is 0 Å². The lowest BCUT2D eigenvalue weighted by molar-refractivity contribution is 0.451. The van der Waals surface area contributed by atoms with E-state index in [0.717, 1.165) is 0 Å².